The number of carbonyl (C=O) groups excluding carboxylic acids is 2. The van der Waals surface area contributed by atoms with Gasteiger partial charge in [-0.15, -0.1) is 21.9 Å². The van der Waals surface area contributed by atoms with Crippen LogP contribution in [0.5, 0.6) is 0 Å². The zero-order valence-electron chi connectivity index (χ0n) is 30.8. The lowest BCUT2D eigenvalue weighted by Crippen LogP contribution is -2.81. The average molecular weight is 953 g/mol. The smallest absolute Gasteiger partial charge is 0.406 e. The van der Waals surface area contributed by atoms with Crippen LogP contribution in [0.4, 0.5) is 92.2 Å². The van der Waals surface area contributed by atoms with E-state index in [2.05, 4.69) is 4.74 Å². The van der Waals surface area contributed by atoms with E-state index in [1.54, 1.807) is 42.6 Å². The summed E-state index contributed by atoms with van der Waals surface area (Å²) >= 11 is 0. The number of ketones is 1. The average Bonchev–Trinajstić information content (AvgIpc) is 3.29. The third-order valence-electron chi connectivity index (χ3n) is 9.45. The molecule has 4 nitrogen and oxygen atoms in total. The van der Waals surface area contributed by atoms with Gasteiger partial charge in [-0.3, -0.25) is 4.79 Å². The highest BCUT2D eigenvalue weighted by Gasteiger charge is 2.52. The van der Waals surface area contributed by atoms with Crippen molar-refractivity contribution in [2.24, 2.45) is 0 Å². The maximum Gasteiger partial charge on any atom is 0.406 e. The van der Waals surface area contributed by atoms with Crippen LogP contribution in [0.25, 0.3) is 0 Å². The van der Waals surface area contributed by atoms with Gasteiger partial charge in [-0.2, -0.15) is 4.57 Å². The van der Waals surface area contributed by atoms with Gasteiger partial charge in [0.25, 0.3) is 5.69 Å². The number of carbonyl (C=O) groups is 2. The predicted molar refractivity (Wildman–Crippen MR) is 178 cm³/mol. The van der Waals surface area contributed by atoms with Crippen molar-refractivity contribution in [2.45, 2.75) is 6.54 Å². The third kappa shape index (κ3) is 7.97. The fraction of sp³-hybridized carbons (Fsp3) is 0.0513. The number of alkyl halides is 1. The van der Waals surface area contributed by atoms with Crippen molar-refractivity contribution in [3.8, 4) is 0 Å². The van der Waals surface area contributed by atoms with Crippen molar-refractivity contribution in [1.29, 1.82) is 0 Å². The topological polar surface area (TPSA) is 47.2 Å². The number of pyridine rings is 1. The molecule has 26 heteroatoms. The van der Waals surface area contributed by atoms with Gasteiger partial charge in [0.1, 0.15) is 52.7 Å². The van der Waals surface area contributed by atoms with Crippen molar-refractivity contribution in [3.05, 3.63) is 182 Å². The van der Waals surface area contributed by atoms with Gasteiger partial charge in [0, 0.05) is 17.7 Å². The molecule has 0 amide bonds. The Morgan fingerprint density at radius 1 is 0.400 bits per heavy atom. The Hall–Kier alpha value is -7.02. The maximum absolute atomic E-state index is 15.4. The first-order valence-electron chi connectivity index (χ1n) is 17.0. The standard InChI is InChI=1S/C24BF20.C15H13FNO3/c26-5-1(6(27)14(35)21(42)13(5)34)25(2-7(28)15(36)22(43)16(37)8(2)29,3-9(30)17(38)23(44)18(39)10(3)31)4-11(32)19(40)24(45)20(41)12(4)33;16-11-20-15(19)13-8-4-5-9-17(13)10-14(18)12-6-2-1-3-7-12/h;1-9H,10-11H2/q-1;+1. The molecular formula is C39H13BF21NO3. The summed E-state index contributed by atoms with van der Waals surface area (Å²) in [4.78, 5) is 23.7. The molecular weight excluding hydrogens is 940 g/mol. The van der Waals surface area contributed by atoms with Crippen molar-refractivity contribution >= 4 is 39.7 Å². The molecule has 1 aromatic heterocycles. The van der Waals surface area contributed by atoms with E-state index in [0.717, 1.165) is 0 Å². The van der Waals surface area contributed by atoms with Gasteiger partial charge < -0.3 is 4.74 Å². The molecule has 6 aromatic rings. The summed E-state index contributed by atoms with van der Waals surface area (Å²) in [7, 11) is 0. The van der Waals surface area contributed by atoms with Crippen LogP contribution in [0.1, 0.15) is 20.8 Å². The first-order valence-corrected chi connectivity index (χ1v) is 17.0. The number of hydrogen-bond acceptors (Lipinski definition) is 3. The van der Waals surface area contributed by atoms with E-state index >= 15 is 35.1 Å². The fourth-order valence-electron chi connectivity index (χ4n) is 6.67. The number of hydrogen-bond donors (Lipinski definition) is 0. The molecule has 0 saturated carbocycles. The Balaban J connectivity index is 0.000000330. The number of esters is 1. The van der Waals surface area contributed by atoms with Crippen LogP contribution in [0, 0.1) is 116 Å². The molecule has 0 N–H and O–H groups in total. The van der Waals surface area contributed by atoms with Crippen LogP contribution < -0.4 is 26.4 Å². The quantitative estimate of drug-likeness (QED) is 0.0283. The minimum absolute atomic E-state index is 0.0123. The molecule has 0 spiro atoms. The monoisotopic (exact) mass is 953 g/mol. The third-order valence-corrected chi connectivity index (χ3v) is 9.45. The van der Waals surface area contributed by atoms with E-state index in [1.165, 1.54) is 10.6 Å². The van der Waals surface area contributed by atoms with Crippen molar-refractivity contribution in [3.63, 3.8) is 0 Å². The molecule has 0 atom stereocenters. The summed E-state index contributed by atoms with van der Waals surface area (Å²) in [5, 5.41) is 0. The first kappa shape index (κ1) is 49.0. The van der Waals surface area contributed by atoms with Crippen LogP contribution in [0.2, 0.25) is 0 Å². The van der Waals surface area contributed by atoms with Gasteiger partial charge >= 0.3 is 5.97 Å². The van der Waals surface area contributed by atoms with E-state index in [1.807, 2.05) is 6.07 Å². The van der Waals surface area contributed by atoms with Crippen LogP contribution in [-0.2, 0) is 11.3 Å². The van der Waals surface area contributed by atoms with E-state index < -0.39 is 157 Å². The second-order valence-corrected chi connectivity index (χ2v) is 12.8. The molecule has 1 heterocycles. The fourth-order valence-corrected chi connectivity index (χ4v) is 6.67. The summed E-state index contributed by atoms with van der Waals surface area (Å²) in [6, 6.07) is 13.5. The molecule has 342 valence electrons. The van der Waals surface area contributed by atoms with Crippen LogP contribution >= 0.6 is 0 Å². The SMILES string of the molecule is Fc1c(F)c(F)c([B-](c2c(F)c(F)c(F)c(F)c2F)(c2c(F)c(F)c(F)c(F)c2F)c2c(F)c(F)c(F)c(F)c2F)c(F)c1F.O=C(C[n+]1ccccc1C(=O)OCF)c1ccccc1. The van der Waals surface area contributed by atoms with Crippen molar-refractivity contribution < 1.29 is 111 Å². The van der Waals surface area contributed by atoms with Crippen LogP contribution in [-0.4, -0.2) is 24.8 Å². The van der Waals surface area contributed by atoms with Gasteiger partial charge in [-0.1, -0.05) is 30.3 Å². The van der Waals surface area contributed by atoms with Crippen molar-refractivity contribution in [2.75, 3.05) is 6.86 Å². The largest absolute Gasteiger partial charge is 0.426 e. The molecule has 5 aromatic carbocycles. The minimum atomic E-state index is -7.22. The van der Waals surface area contributed by atoms with Gasteiger partial charge in [-0.05, 0) is 6.07 Å². The summed E-state index contributed by atoms with van der Waals surface area (Å²) in [6.45, 7) is -1.21. The zero-order valence-corrected chi connectivity index (χ0v) is 30.8. The summed E-state index contributed by atoms with van der Waals surface area (Å²) in [6.07, 6.45) is -5.64. The number of benzene rings is 5. The Kier molecular flexibility index (Phi) is 14.0. The van der Waals surface area contributed by atoms with Crippen molar-refractivity contribution in [1.82, 2.24) is 0 Å². The summed E-state index contributed by atoms with van der Waals surface area (Å²) < 4.78 is 312. The number of halogens is 21. The van der Waals surface area contributed by atoms with Gasteiger partial charge in [-0.25, -0.2) is 97.0 Å². The number of rotatable bonds is 9. The molecule has 0 radical (unpaired) electrons. The van der Waals surface area contributed by atoms with E-state index in [-0.39, 0.29) is 18.0 Å². The van der Waals surface area contributed by atoms with Crippen LogP contribution in [0.3, 0.4) is 0 Å². The second-order valence-electron chi connectivity index (χ2n) is 12.8. The number of nitrogens with zero attached hydrogens (tertiary/aromatic N) is 1. The van der Waals surface area contributed by atoms with E-state index in [4.69, 9.17) is 0 Å². The molecule has 0 aliphatic heterocycles. The normalized spacial score (nSPS) is 11.4. The van der Waals surface area contributed by atoms with Gasteiger partial charge in [0.2, 0.25) is 19.2 Å². The zero-order chi connectivity index (χ0) is 48.7. The lowest BCUT2D eigenvalue weighted by atomic mass is 9.12. The molecule has 0 saturated heterocycles. The van der Waals surface area contributed by atoms with E-state index in [0.29, 0.717) is 5.56 Å². The molecule has 0 unspecified atom stereocenters. The lowest BCUT2D eigenvalue weighted by molar-refractivity contribution is -0.685. The molecule has 0 bridgehead atoms. The number of Topliss-reactive ketones (excluding diaryl/α,β-unsaturated/α-hetero) is 1. The molecule has 0 aliphatic carbocycles. The molecule has 65 heavy (non-hydrogen) atoms. The molecule has 0 aliphatic rings. The highest BCUT2D eigenvalue weighted by atomic mass is 19.2. The summed E-state index contributed by atoms with van der Waals surface area (Å²) in [5.41, 5.74) is -13.6. The highest BCUT2D eigenvalue weighted by Crippen LogP contribution is 2.30. The first-order chi connectivity index (χ1) is 30.4. The van der Waals surface area contributed by atoms with Gasteiger partial charge in [0.15, 0.2) is 76.0 Å². The number of aromatic nitrogens is 1. The summed E-state index contributed by atoms with van der Waals surface area (Å²) in [5.74, 6) is -72.3. The maximum atomic E-state index is 15.4. The minimum Gasteiger partial charge on any atom is -0.426 e. The second kappa shape index (κ2) is 18.6. The number of ether oxygens (including phenoxy) is 1. The highest BCUT2D eigenvalue weighted by molar-refractivity contribution is 7.20. The Labute approximate surface area is 346 Å². The Morgan fingerprint density at radius 3 is 0.969 bits per heavy atom. The molecule has 0 fully saturated rings. The van der Waals surface area contributed by atoms with E-state index in [9.17, 15) is 66.7 Å². The lowest BCUT2D eigenvalue weighted by Gasteiger charge is -2.44. The predicted octanol–water partition coefficient (Wildman–Crippen LogP) is 7.79. The van der Waals surface area contributed by atoms with Crippen LogP contribution in [0.15, 0.2) is 54.7 Å². The Morgan fingerprint density at radius 2 is 0.677 bits per heavy atom. The molecule has 6 rings (SSSR count). The Bertz CT molecular complexity index is 2530. The van der Waals surface area contributed by atoms with Gasteiger partial charge in [0.05, 0.1) is 0 Å².